The van der Waals surface area contributed by atoms with Crippen molar-refractivity contribution in [2.24, 2.45) is 22.4 Å². The van der Waals surface area contributed by atoms with Crippen molar-refractivity contribution in [2.45, 2.75) is 32.9 Å². The number of benzene rings is 2. The SMILES string of the molecule is CC(C)(C)C(=O)[C@@H]1[C@@H]2C(=O)N(c3ccc(Br)cc3)C(=O)[C@@H]2C2c3ccccc3C=NN21. The van der Waals surface area contributed by atoms with E-state index in [1.807, 2.05) is 45.0 Å². The summed E-state index contributed by atoms with van der Waals surface area (Å²) in [5.41, 5.74) is 1.68. The zero-order valence-corrected chi connectivity index (χ0v) is 19.0. The van der Waals surface area contributed by atoms with Crippen LogP contribution in [0.2, 0.25) is 0 Å². The fourth-order valence-electron chi connectivity index (χ4n) is 4.96. The van der Waals surface area contributed by atoms with Crippen molar-refractivity contribution >= 4 is 45.4 Å². The van der Waals surface area contributed by atoms with Gasteiger partial charge >= 0.3 is 0 Å². The zero-order chi connectivity index (χ0) is 22.1. The molecule has 7 heteroatoms. The fourth-order valence-corrected chi connectivity index (χ4v) is 5.22. The smallest absolute Gasteiger partial charge is 0.240 e. The zero-order valence-electron chi connectivity index (χ0n) is 17.4. The number of nitrogens with zero attached hydrogens (tertiary/aromatic N) is 3. The van der Waals surface area contributed by atoms with Crippen molar-refractivity contribution in [3.05, 3.63) is 64.1 Å². The van der Waals surface area contributed by atoms with Gasteiger partial charge < -0.3 is 0 Å². The monoisotopic (exact) mass is 479 g/mol. The third kappa shape index (κ3) is 2.90. The third-order valence-corrected chi connectivity index (χ3v) is 6.91. The quantitative estimate of drug-likeness (QED) is 0.611. The molecule has 0 spiro atoms. The Morgan fingerprint density at radius 2 is 1.61 bits per heavy atom. The number of ketones is 1. The number of fused-ring (bicyclic) bond motifs is 5. The number of hydrogen-bond acceptors (Lipinski definition) is 5. The number of imide groups is 1. The molecule has 2 aromatic carbocycles. The molecule has 0 saturated carbocycles. The minimum atomic E-state index is -0.781. The van der Waals surface area contributed by atoms with Crippen LogP contribution in [0.15, 0.2) is 58.1 Å². The van der Waals surface area contributed by atoms with Gasteiger partial charge in [-0.1, -0.05) is 61.0 Å². The lowest BCUT2D eigenvalue weighted by molar-refractivity contribution is -0.136. The first-order chi connectivity index (χ1) is 14.7. The van der Waals surface area contributed by atoms with E-state index in [2.05, 4.69) is 21.0 Å². The van der Waals surface area contributed by atoms with E-state index in [1.165, 1.54) is 4.90 Å². The van der Waals surface area contributed by atoms with Gasteiger partial charge in [-0.2, -0.15) is 5.10 Å². The molecule has 2 amide bonds. The summed E-state index contributed by atoms with van der Waals surface area (Å²) in [6.45, 7) is 5.52. The molecular weight excluding hydrogens is 458 g/mol. The number of rotatable bonds is 2. The maximum atomic E-state index is 13.7. The summed E-state index contributed by atoms with van der Waals surface area (Å²) < 4.78 is 0.859. The summed E-state index contributed by atoms with van der Waals surface area (Å²) in [6, 6.07) is 13.6. The number of carbonyl (C=O) groups excluding carboxylic acids is 3. The highest BCUT2D eigenvalue weighted by Gasteiger charge is 2.66. The molecular formula is C24H22BrN3O3. The van der Waals surface area contributed by atoms with Crippen LogP contribution in [0.4, 0.5) is 5.69 Å². The van der Waals surface area contributed by atoms with E-state index < -0.39 is 29.3 Å². The van der Waals surface area contributed by atoms with Gasteiger partial charge in [0.1, 0.15) is 6.04 Å². The van der Waals surface area contributed by atoms with Crippen LogP contribution in [0.5, 0.6) is 0 Å². The van der Waals surface area contributed by atoms with E-state index in [-0.39, 0.29) is 17.6 Å². The fraction of sp³-hybridized carbons (Fsp3) is 0.333. The van der Waals surface area contributed by atoms with Gasteiger partial charge in [0, 0.05) is 9.89 Å². The van der Waals surface area contributed by atoms with Gasteiger partial charge in [0.25, 0.3) is 0 Å². The van der Waals surface area contributed by atoms with Gasteiger partial charge in [0.05, 0.1) is 29.8 Å². The van der Waals surface area contributed by atoms with Gasteiger partial charge in [-0.3, -0.25) is 19.4 Å². The van der Waals surface area contributed by atoms with Crippen molar-refractivity contribution in [1.29, 1.82) is 0 Å². The molecule has 1 unspecified atom stereocenters. The molecule has 5 rings (SSSR count). The van der Waals surface area contributed by atoms with Crippen LogP contribution in [0, 0.1) is 17.3 Å². The van der Waals surface area contributed by atoms with E-state index >= 15 is 0 Å². The Bertz CT molecular complexity index is 1140. The van der Waals surface area contributed by atoms with Gasteiger partial charge in [-0.05, 0) is 35.4 Å². The molecule has 2 saturated heterocycles. The number of halogens is 1. The first-order valence-corrected chi connectivity index (χ1v) is 11.1. The lowest BCUT2D eigenvalue weighted by atomic mass is 9.79. The normalized spacial score (nSPS) is 26.7. The summed E-state index contributed by atoms with van der Waals surface area (Å²) in [4.78, 5) is 42.1. The predicted octanol–water partition coefficient (Wildman–Crippen LogP) is 3.94. The Balaban J connectivity index is 1.66. The van der Waals surface area contributed by atoms with E-state index in [4.69, 9.17) is 0 Å². The molecule has 0 radical (unpaired) electrons. The maximum Gasteiger partial charge on any atom is 0.240 e. The van der Waals surface area contributed by atoms with Crippen LogP contribution in [0.3, 0.4) is 0 Å². The van der Waals surface area contributed by atoms with E-state index in [0.29, 0.717) is 5.69 Å². The standard InChI is InChI=1S/C24H22BrN3O3/c1-24(2,3)21(29)20-18-17(19-16-7-5-4-6-13(16)12-26-28(19)20)22(30)27(23(18)31)15-10-8-14(25)9-11-15/h4-12,17-20H,1-3H3/t17-,18+,19?,20-/m0/s1. The minimum absolute atomic E-state index is 0.0830. The van der Waals surface area contributed by atoms with Gasteiger partial charge in [0.15, 0.2) is 5.78 Å². The number of hydrogen-bond donors (Lipinski definition) is 0. The number of anilines is 1. The molecule has 6 nitrogen and oxygen atoms in total. The van der Waals surface area contributed by atoms with Gasteiger partial charge in [-0.25, -0.2) is 4.90 Å². The number of carbonyl (C=O) groups is 3. The number of Topliss-reactive ketones (excluding diaryl/α,β-unsaturated/α-hetero) is 1. The molecule has 2 fully saturated rings. The minimum Gasteiger partial charge on any atom is -0.297 e. The highest BCUT2D eigenvalue weighted by Crippen LogP contribution is 2.53. The molecule has 31 heavy (non-hydrogen) atoms. The van der Waals surface area contributed by atoms with Crippen LogP contribution < -0.4 is 4.90 Å². The second-order valence-electron chi connectivity index (χ2n) is 9.30. The molecule has 3 heterocycles. The Morgan fingerprint density at radius 3 is 2.29 bits per heavy atom. The van der Waals surface area contributed by atoms with Crippen LogP contribution in [-0.4, -0.2) is 34.9 Å². The third-order valence-electron chi connectivity index (χ3n) is 6.39. The van der Waals surface area contributed by atoms with Gasteiger partial charge in [-0.15, -0.1) is 0 Å². The first-order valence-electron chi connectivity index (χ1n) is 10.3. The second-order valence-corrected chi connectivity index (χ2v) is 10.2. The predicted molar refractivity (Wildman–Crippen MR) is 120 cm³/mol. The van der Waals surface area contributed by atoms with Crippen LogP contribution >= 0.6 is 15.9 Å². The number of amides is 2. The molecule has 0 bridgehead atoms. The van der Waals surface area contributed by atoms with Crippen molar-refractivity contribution in [3.8, 4) is 0 Å². The summed E-state index contributed by atoms with van der Waals surface area (Å²) in [7, 11) is 0. The Kier molecular flexibility index (Phi) is 4.45. The van der Waals surface area contributed by atoms with Crippen LogP contribution in [-0.2, 0) is 14.4 Å². The molecule has 4 atom stereocenters. The molecule has 0 aromatic heterocycles. The Labute approximate surface area is 189 Å². The van der Waals surface area contributed by atoms with E-state index in [0.717, 1.165) is 15.6 Å². The lowest BCUT2D eigenvalue weighted by Gasteiger charge is -2.35. The summed E-state index contributed by atoms with van der Waals surface area (Å²) in [5, 5.41) is 6.28. The largest absolute Gasteiger partial charge is 0.297 e. The molecule has 0 N–H and O–H groups in total. The highest BCUT2D eigenvalue weighted by atomic mass is 79.9. The van der Waals surface area contributed by atoms with Crippen molar-refractivity contribution in [3.63, 3.8) is 0 Å². The Hall–Kier alpha value is -2.80. The van der Waals surface area contributed by atoms with Crippen molar-refractivity contribution in [1.82, 2.24) is 5.01 Å². The Morgan fingerprint density at radius 1 is 0.968 bits per heavy atom. The van der Waals surface area contributed by atoms with E-state index in [1.54, 1.807) is 35.5 Å². The molecule has 3 aliphatic rings. The van der Waals surface area contributed by atoms with Crippen LogP contribution in [0.1, 0.15) is 37.9 Å². The average molecular weight is 480 g/mol. The molecule has 158 valence electrons. The topological polar surface area (TPSA) is 70.0 Å². The molecule has 0 aliphatic carbocycles. The second kappa shape index (κ2) is 6.85. The maximum absolute atomic E-state index is 13.7. The highest BCUT2D eigenvalue weighted by molar-refractivity contribution is 9.10. The molecule has 3 aliphatic heterocycles. The molecule has 2 aromatic rings. The summed E-state index contributed by atoms with van der Waals surface area (Å²) in [5.74, 6) is -2.12. The van der Waals surface area contributed by atoms with E-state index in [9.17, 15) is 14.4 Å². The first kappa shape index (κ1) is 20.1. The summed E-state index contributed by atoms with van der Waals surface area (Å²) in [6.07, 6.45) is 1.72. The summed E-state index contributed by atoms with van der Waals surface area (Å²) >= 11 is 3.39. The number of hydrazone groups is 1. The van der Waals surface area contributed by atoms with Gasteiger partial charge in [0.2, 0.25) is 11.8 Å². The van der Waals surface area contributed by atoms with Crippen LogP contribution in [0.25, 0.3) is 0 Å². The van der Waals surface area contributed by atoms with Crippen molar-refractivity contribution < 1.29 is 14.4 Å². The average Bonchev–Trinajstić information content (AvgIpc) is 3.20. The van der Waals surface area contributed by atoms with Crippen molar-refractivity contribution in [2.75, 3.05) is 4.90 Å². The lowest BCUT2D eigenvalue weighted by Crippen LogP contribution is -2.48.